The van der Waals surface area contributed by atoms with E-state index >= 15 is 0 Å². The van der Waals surface area contributed by atoms with Crippen molar-refractivity contribution in [3.63, 3.8) is 0 Å². The average molecular weight is 369 g/mol. The van der Waals surface area contributed by atoms with Crippen molar-refractivity contribution < 1.29 is 0 Å². The van der Waals surface area contributed by atoms with Gasteiger partial charge >= 0.3 is 0 Å². The maximum atomic E-state index is 13.0. The van der Waals surface area contributed by atoms with Crippen LogP contribution in [0.1, 0.15) is 26.3 Å². The molecule has 0 fully saturated rings. The second-order valence-electron chi connectivity index (χ2n) is 8.29. The minimum atomic E-state index is 0.120. The second-order valence-corrected chi connectivity index (χ2v) is 9.37. The summed E-state index contributed by atoms with van der Waals surface area (Å²) >= 11 is 1.69. The van der Waals surface area contributed by atoms with Gasteiger partial charge in [0, 0.05) is 20.2 Å². The summed E-state index contributed by atoms with van der Waals surface area (Å²) in [5.74, 6) is 0. The van der Waals surface area contributed by atoms with Gasteiger partial charge in [-0.2, -0.15) is 0 Å². The quantitative estimate of drug-likeness (QED) is 0.268. The van der Waals surface area contributed by atoms with E-state index in [-0.39, 0.29) is 10.8 Å². The third kappa shape index (κ3) is 2.64. The van der Waals surface area contributed by atoms with Crippen molar-refractivity contribution in [3.8, 4) is 0 Å². The zero-order chi connectivity index (χ0) is 18.8. The van der Waals surface area contributed by atoms with E-state index in [1.807, 2.05) is 24.3 Å². The first kappa shape index (κ1) is 16.5. The highest BCUT2D eigenvalue weighted by Crippen LogP contribution is 2.32. The fraction of sp³-hybridized carbons (Fsp3) is 0.160. The molecule has 27 heavy (non-hydrogen) atoms. The highest BCUT2D eigenvalue weighted by Gasteiger charge is 2.14. The Kier molecular flexibility index (Phi) is 3.44. The molecule has 0 unspecified atom stereocenters. The SMILES string of the molecule is CC(C)(C)c1ccc2cc3cc4sc5ccccc5c(=O)c4cc3cc2c1. The van der Waals surface area contributed by atoms with E-state index in [1.54, 1.807) is 11.3 Å². The maximum Gasteiger partial charge on any atom is 0.195 e. The lowest BCUT2D eigenvalue weighted by atomic mass is 9.85. The summed E-state index contributed by atoms with van der Waals surface area (Å²) in [4.78, 5) is 13.0. The van der Waals surface area contributed by atoms with Crippen LogP contribution in [0, 0.1) is 0 Å². The molecule has 2 heteroatoms. The topological polar surface area (TPSA) is 17.1 Å². The van der Waals surface area contributed by atoms with E-state index in [9.17, 15) is 4.79 Å². The molecule has 5 rings (SSSR count). The molecule has 5 aromatic rings. The first-order chi connectivity index (χ1) is 12.9. The van der Waals surface area contributed by atoms with Crippen LogP contribution in [-0.2, 0) is 5.41 Å². The zero-order valence-corrected chi connectivity index (χ0v) is 16.5. The van der Waals surface area contributed by atoms with Crippen LogP contribution < -0.4 is 5.43 Å². The molecule has 0 aliphatic carbocycles. The van der Waals surface area contributed by atoms with Gasteiger partial charge in [-0.3, -0.25) is 4.79 Å². The Bertz CT molecular complexity index is 1420. The first-order valence-corrected chi connectivity index (χ1v) is 10.1. The Morgan fingerprint density at radius 1 is 0.667 bits per heavy atom. The van der Waals surface area contributed by atoms with Crippen molar-refractivity contribution in [2.75, 3.05) is 0 Å². The molecule has 0 bridgehead atoms. The number of hydrogen-bond donors (Lipinski definition) is 0. The van der Waals surface area contributed by atoms with E-state index in [1.165, 1.54) is 21.7 Å². The molecule has 4 aromatic carbocycles. The second kappa shape index (κ2) is 5.64. The van der Waals surface area contributed by atoms with Gasteiger partial charge < -0.3 is 0 Å². The Balaban J connectivity index is 1.86. The van der Waals surface area contributed by atoms with E-state index in [4.69, 9.17) is 0 Å². The van der Waals surface area contributed by atoms with E-state index < -0.39 is 0 Å². The standard InChI is InChI=1S/C25H20OS/c1-25(2,3)19-9-8-15-10-18-14-23-21(13-17(18)11-16(15)12-19)24(26)20-6-4-5-7-22(20)27-23/h4-14H,1-3H3. The summed E-state index contributed by atoms with van der Waals surface area (Å²) in [5.41, 5.74) is 1.58. The van der Waals surface area contributed by atoms with Crippen LogP contribution in [0.15, 0.2) is 71.5 Å². The van der Waals surface area contributed by atoms with Gasteiger partial charge in [0.1, 0.15) is 0 Å². The van der Waals surface area contributed by atoms with Gasteiger partial charge in [-0.15, -0.1) is 11.3 Å². The Hall–Kier alpha value is -2.71. The zero-order valence-electron chi connectivity index (χ0n) is 15.7. The van der Waals surface area contributed by atoms with E-state index in [0.29, 0.717) is 0 Å². The summed E-state index contributed by atoms with van der Waals surface area (Å²) in [6.45, 7) is 6.71. The summed E-state index contributed by atoms with van der Waals surface area (Å²) in [5, 5.41) is 6.40. The minimum absolute atomic E-state index is 0.120. The highest BCUT2D eigenvalue weighted by molar-refractivity contribution is 7.24. The fourth-order valence-corrected chi connectivity index (χ4v) is 4.87. The molecule has 0 saturated heterocycles. The third-order valence-corrected chi connectivity index (χ3v) is 6.49. The third-order valence-electron chi connectivity index (χ3n) is 5.36. The summed E-state index contributed by atoms with van der Waals surface area (Å²) in [6.07, 6.45) is 0. The van der Waals surface area contributed by atoms with Crippen LogP contribution >= 0.6 is 11.3 Å². The number of rotatable bonds is 0. The van der Waals surface area contributed by atoms with Gasteiger partial charge in [-0.1, -0.05) is 51.1 Å². The monoisotopic (exact) mass is 368 g/mol. The highest BCUT2D eigenvalue weighted by atomic mass is 32.1. The lowest BCUT2D eigenvalue weighted by Crippen LogP contribution is -2.10. The summed E-state index contributed by atoms with van der Waals surface area (Å²) < 4.78 is 2.10. The molecule has 1 nitrogen and oxygen atoms in total. The summed E-state index contributed by atoms with van der Waals surface area (Å²) in [6, 6.07) is 23.3. The minimum Gasteiger partial charge on any atom is -0.289 e. The molecule has 0 radical (unpaired) electrons. The van der Waals surface area contributed by atoms with E-state index in [0.717, 1.165) is 25.6 Å². The van der Waals surface area contributed by atoms with Gasteiger partial charge in [0.2, 0.25) is 0 Å². The molecule has 0 aliphatic rings. The maximum absolute atomic E-state index is 13.0. The molecule has 1 heterocycles. The molecular formula is C25H20OS. The predicted molar refractivity (Wildman–Crippen MR) is 119 cm³/mol. The molecule has 1 aromatic heterocycles. The van der Waals surface area contributed by atoms with Crippen LogP contribution in [0.5, 0.6) is 0 Å². The van der Waals surface area contributed by atoms with Crippen molar-refractivity contribution >= 4 is 53.1 Å². The molecule has 0 amide bonds. The fourth-order valence-electron chi connectivity index (χ4n) is 3.76. The predicted octanol–water partition coefficient (Wildman–Crippen LogP) is 7.02. The van der Waals surface area contributed by atoms with Crippen molar-refractivity contribution in [3.05, 3.63) is 82.5 Å². The van der Waals surface area contributed by atoms with Crippen LogP contribution in [0.4, 0.5) is 0 Å². The van der Waals surface area contributed by atoms with Gasteiger partial charge in [0.05, 0.1) is 0 Å². The Morgan fingerprint density at radius 3 is 2.19 bits per heavy atom. The van der Waals surface area contributed by atoms with Crippen LogP contribution in [0.3, 0.4) is 0 Å². The molecule has 0 N–H and O–H groups in total. The van der Waals surface area contributed by atoms with Crippen molar-refractivity contribution in [1.82, 2.24) is 0 Å². The Labute approximate surface area is 161 Å². The average Bonchev–Trinajstić information content (AvgIpc) is 2.64. The van der Waals surface area contributed by atoms with Crippen molar-refractivity contribution in [1.29, 1.82) is 0 Å². The normalized spacial score (nSPS) is 12.4. The summed E-state index contributed by atoms with van der Waals surface area (Å²) in [7, 11) is 0. The lowest BCUT2D eigenvalue weighted by molar-refractivity contribution is 0.591. The molecule has 0 aliphatic heterocycles. The molecule has 0 spiro atoms. The molecule has 0 atom stereocenters. The largest absolute Gasteiger partial charge is 0.289 e. The van der Waals surface area contributed by atoms with Crippen LogP contribution in [-0.4, -0.2) is 0 Å². The van der Waals surface area contributed by atoms with Gasteiger partial charge in [0.25, 0.3) is 0 Å². The van der Waals surface area contributed by atoms with Crippen molar-refractivity contribution in [2.24, 2.45) is 0 Å². The number of hydrogen-bond acceptors (Lipinski definition) is 2. The van der Waals surface area contributed by atoms with Crippen molar-refractivity contribution in [2.45, 2.75) is 26.2 Å². The Morgan fingerprint density at radius 2 is 1.37 bits per heavy atom. The van der Waals surface area contributed by atoms with Gasteiger partial charge in [-0.05, 0) is 68.9 Å². The van der Waals surface area contributed by atoms with Gasteiger partial charge in [-0.25, -0.2) is 0 Å². The molecular weight excluding hydrogens is 348 g/mol. The van der Waals surface area contributed by atoms with Gasteiger partial charge in [0.15, 0.2) is 5.43 Å². The lowest BCUT2D eigenvalue weighted by Gasteiger charge is -2.19. The molecule has 0 saturated carbocycles. The van der Waals surface area contributed by atoms with Crippen LogP contribution in [0.25, 0.3) is 41.7 Å². The first-order valence-electron chi connectivity index (χ1n) is 9.24. The number of fused-ring (bicyclic) bond motifs is 4. The smallest absolute Gasteiger partial charge is 0.195 e. The van der Waals surface area contributed by atoms with Crippen LogP contribution in [0.2, 0.25) is 0 Å². The van der Waals surface area contributed by atoms with E-state index in [2.05, 4.69) is 63.2 Å². The molecule has 132 valence electrons. The number of benzene rings is 4.